The summed E-state index contributed by atoms with van der Waals surface area (Å²) in [6.07, 6.45) is -0.724. The zero-order valence-corrected chi connectivity index (χ0v) is 13.8. The average Bonchev–Trinajstić information content (AvgIpc) is 3.19. The molecule has 4 nitrogen and oxygen atoms in total. The minimum absolute atomic E-state index is 0.0564. The molecule has 1 aliphatic rings. The van der Waals surface area contributed by atoms with Gasteiger partial charge in [0.2, 0.25) is 0 Å². The second-order valence-corrected chi connectivity index (χ2v) is 6.88. The van der Waals surface area contributed by atoms with Crippen LogP contribution in [0.15, 0.2) is 53.9 Å². The van der Waals surface area contributed by atoms with Crippen molar-refractivity contribution in [2.24, 2.45) is 0 Å². The van der Waals surface area contributed by atoms with Gasteiger partial charge >= 0.3 is 0 Å². The van der Waals surface area contributed by atoms with E-state index in [1.807, 2.05) is 53.9 Å². The summed E-state index contributed by atoms with van der Waals surface area (Å²) in [6.45, 7) is 0.920. The molecule has 3 aromatic rings. The summed E-state index contributed by atoms with van der Waals surface area (Å²) in [5.74, 6) is -0.0564. The Kier molecular flexibility index (Phi) is 4.06. The van der Waals surface area contributed by atoms with Crippen molar-refractivity contribution >= 4 is 33.7 Å². The predicted octanol–water partition coefficient (Wildman–Crippen LogP) is 3.44. The fourth-order valence-electron chi connectivity index (χ4n) is 3.11. The number of amides is 1. The van der Waals surface area contributed by atoms with Gasteiger partial charge in [0, 0.05) is 15.8 Å². The van der Waals surface area contributed by atoms with E-state index in [0.717, 1.165) is 21.3 Å². The predicted molar refractivity (Wildman–Crippen MR) is 95.6 cm³/mol. The number of anilines is 1. The molecule has 0 radical (unpaired) electrons. The number of aliphatic hydroxyl groups excluding tert-OH is 1. The molecule has 0 saturated heterocycles. The SMILES string of the molecule is O=C1c2cccc3cccc(c23)N1C[C@H](O)COCc1cccs1. The molecule has 24 heavy (non-hydrogen) atoms. The lowest BCUT2D eigenvalue weighted by atomic mass is 10.1. The van der Waals surface area contributed by atoms with E-state index < -0.39 is 6.10 Å². The first kappa shape index (κ1) is 15.3. The molecule has 2 heterocycles. The highest BCUT2D eigenvalue weighted by atomic mass is 32.1. The maximum Gasteiger partial charge on any atom is 0.259 e. The van der Waals surface area contributed by atoms with Crippen molar-refractivity contribution in [2.45, 2.75) is 12.7 Å². The lowest BCUT2D eigenvalue weighted by molar-refractivity contribution is 0.0327. The van der Waals surface area contributed by atoms with E-state index in [-0.39, 0.29) is 19.1 Å². The fourth-order valence-corrected chi connectivity index (χ4v) is 3.75. The number of rotatable bonds is 6. The van der Waals surface area contributed by atoms with Crippen LogP contribution in [-0.2, 0) is 11.3 Å². The van der Waals surface area contributed by atoms with Crippen LogP contribution in [0.5, 0.6) is 0 Å². The Morgan fingerprint density at radius 1 is 1.12 bits per heavy atom. The van der Waals surface area contributed by atoms with E-state index in [1.165, 1.54) is 0 Å². The summed E-state index contributed by atoms with van der Waals surface area (Å²) in [6, 6.07) is 15.6. The molecule has 1 N–H and O–H groups in total. The molecule has 0 bridgehead atoms. The first-order valence-corrected chi connectivity index (χ1v) is 8.74. The summed E-state index contributed by atoms with van der Waals surface area (Å²) >= 11 is 1.62. The Labute approximate surface area is 143 Å². The van der Waals surface area contributed by atoms with Gasteiger partial charge in [0.05, 0.1) is 31.5 Å². The molecule has 5 heteroatoms. The number of carbonyl (C=O) groups excluding carboxylic acids is 1. The summed E-state index contributed by atoms with van der Waals surface area (Å²) in [4.78, 5) is 15.4. The minimum Gasteiger partial charge on any atom is -0.389 e. The fraction of sp³-hybridized carbons (Fsp3) is 0.211. The maximum atomic E-state index is 12.6. The molecule has 1 atom stereocenters. The van der Waals surface area contributed by atoms with Gasteiger partial charge in [-0.1, -0.05) is 30.3 Å². The molecular weight excluding hydrogens is 322 g/mol. The third-order valence-electron chi connectivity index (χ3n) is 4.18. The molecule has 2 aromatic carbocycles. The summed E-state index contributed by atoms with van der Waals surface area (Å²) in [7, 11) is 0. The summed E-state index contributed by atoms with van der Waals surface area (Å²) in [5.41, 5.74) is 1.57. The number of thiophene rings is 1. The van der Waals surface area contributed by atoms with E-state index in [9.17, 15) is 9.90 Å². The van der Waals surface area contributed by atoms with Crippen LogP contribution in [0.3, 0.4) is 0 Å². The summed E-state index contributed by atoms with van der Waals surface area (Å²) in [5, 5.41) is 14.3. The molecule has 0 aliphatic carbocycles. The number of β-amino-alcohol motifs (C(OH)–C–C–N with tert-alkyl or cyclic N) is 1. The number of ether oxygens (including phenoxy) is 1. The number of hydrogen-bond donors (Lipinski definition) is 1. The zero-order chi connectivity index (χ0) is 16.5. The van der Waals surface area contributed by atoms with Crippen LogP contribution in [0.25, 0.3) is 10.8 Å². The normalized spacial score (nSPS) is 14.5. The van der Waals surface area contributed by atoms with Gasteiger partial charge < -0.3 is 14.7 Å². The average molecular weight is 339 g/mol. The van der Waals surface area contributed by atoms with Crippen LogP contribution < -0.4 is 4.90 Å². The highest BCUT2D eigenvalue weighted by molar-refractivity contribution is 7.09. The van der Waals surface area contributed by atoms with Crippen molar-refractivity contribution in [3.63, 3.8) is 0 Å². The van der Waals surface area contributed by atoms with Gasteiger partial charge in [-0.25, -0.2) is 0 Å². The lowest BCUT2D eigenvalue weighted by Gasteiger charge is -2.21. The molecule has 0 unspecified atom stereocenters. The first-order chi connectivity index (χ1) is 11.7. The van der Waals surface area contributed by atoms with Crippen LogP contribution in [0.2, 0.25) is 0 Å². The number of nitrogens with zero attached hydrogens (tertiary/aromatic N) is 1. The van der Waals surface area contributed by atoms with Crippen molar-refractivity contribution < 1.29 is 14.6 Å². The first-order valence-electron chi connectivity index (χ1n) is 7.86. The monoisotopic (exact) mass is 339 g/mol. The third kappa shape index (κ3) is 2.71. The van der Waals surface area contributed by atoms with E-state index in [1.54, 1.807) is 16.2 Å². The molecule has 0 spiro atoms. The largest absolute Gasteiger partial charge is 0.389 e. The second-order valence-electron chi connectivity index (χ2n) is 5.84. The van der Waals surface area contributed by atoms with Gasteiger partial charge in [-0.05, 0) is 29.0 Å². The highest BCUT2D eigenvalue weighted by Crippen LogP contribution is 2.37. The van der Waals surface area contributed by atoms with Crippen molar-refractivity contribution in [2.75, 3.05) is 18.1 Å². The van der Waals surface area contributed by atoms with Gasteiger partial charge in [0.15, 0.2) is 0 Å². The van der Waals surface area contributed by atoms with Crippen LogP contribution in [0.1, 0.15) is 15.2 Å². The molecule has 1 aromatic heterocycles. The lowest BCUT2D eigenvalue weighted by Crippen LogP contribution is -2.37. The molecule has 1 amide bonds. The number of carbonyl (C=O) groups is 1. The Morgan fingerprint density at radius 2 is 1.96 bits per heavy atom. The molecule has 1 aliphatic heterocycles. The summed E-state index contributed by atoms with van der Waals surface area (Å²) < 4.78 is 5.56. The third-order valence-corrected chi connectivity index (χ3v) is 5.03. The Hall–Kier alpha value is -2.21. The number of hydrogen-bond acceptors (Lipinski definition) is 4. The maximum absolute atomic E-state index is 12.6. The molecule has 0 fully saturated rings. The molecule has 0 saturated carbocycles. The van der Waals surface area contributed by atoms with Crippen LogP contribution in [0.4, 0.5) is 5.69 Å². The molecule has 4 rings (SSSR count). The van der Waals surface area contributed by atoms with Crippen molar-refractivity contribution in [1.82, 2.24) is 0 Å². The van der Waals surface area contributed by atoms with Gasteiger partial charge in [-0.15, -0.1) is 11.3 Å². The van der Waals surface area contributed by atoms with Crippen molar-refractivity contribution in [3.05, 3.63) is 64.4 Å². The van der Waals surface area contributed by atoms with E-state index in [0.29, 0.717) is 12.2 Å². The quantitative estimate of drug-likeness (QED) is 0.748. The topological polar surface area (TPSA) is 49.8 Å². The van der Waals surface area contributed by atoms with Crippen LogP contribution in [-0.4, -0.2) is 30.3 Å². The van der Waals surface area contributed by atoms with Crippen molar-refractivity contribution in [3.8, 4) is 0 Å². The minimum atomic E-state index is -0.724. The number of benzene rings is 2. The Balaban J connectivity index is 1.45. The van der Waals surface area contributed by atoms with E-state index in [4.69, 9.17) is 4.74 Å². The van der Waals surface area contributed by atoms with Crippen LogP contribution in [0, 0.1) is 0 Å². The van der Waals surface area contributed by atoms with E-state index in [2.05, 4.69) is 0 Å². The van der Waals surface area contributed by atoms with Crippen molar-refractivity contribution in [1.29, 1.82) is 0 Å². The van der Waals surface area contributed by atoms with Gasteiger partial charge in [0.25, 0.3) is 5.91 Å². The Bertz CT molecular complexity index is 870. The molecular formula is C19H17NO3S. The highest BCUT2D eigenvalue weighted by Gasteiger charge is 2.30. The smallest absolute Gasteiger partial charge is 0.259 e. The second kappa shape index (κ2) is 6.36. The van der Waals surface area contributed by atoms with Gasteiger partial charge in [-0.3, -0.25) is 4.79 Å². The van der Waals surface area contributed by atoms with E-state index >= 15 is 0 Å². The van der Waals surface area contributed by atoms with Gasteiger partial charge in [0.1, 0.15) is 0 Å². The van der Waals surface area contributed by atoms with Crippen LogP contribution >= 0.6 is 11.3 Å². The van der Waals surface area contributed by atoms with Gasteiger partial charge in [-0.2, -0.15) is 0 Å². The molecule has 122 valence electrons. The standard InChI is InChI=1S/C19H17NO3S/c21-14(11-23-12-15-6-3-9-24-15)10-20-17-8-2-5-13-4-1-7-16(18(13)17)19(20)22/h1-9,14,21H,10-12H2/t14-/m0/s1. The Morgan fingerprint density at radius 3 is 2.75 bits per heavy atom. The number of aliphatic hydroxyl groups is 1. The zero-order valence-electron chi connectivity index (χ0n) is 13.0.